The first-order chi connectivity index (χ1) is 18.4. The van der Waals surface area contributed by atoms with Gasteiger partial charge in [-0.15, -0.1) is 0 Å². The number of fused-ring (bicyclic) bond motifs is 1. The maximum absolute atomic E-state index is 13.5. The summed E-state index contributed by atoms with van der Waals surface area (Å²) in [7, 11) is 0. The first kappa shape index (κ1) is 25.0. The summed E-state index contributed by atoms with van der Waals surface area (Å²) in [5.41, 5.74) is 2.39. The van der Waals surface area contributed by atoms with Gasteiger partial charge in [-0.1, -0.05) is 41.6 Å². The second kappa shape index (κ2) is 10.8. The van der Waals surface area contributed by atoms with E-state index in [1.807, 2.05) is 18.2 Å². The first-order valence-electron chi connectivity index (χ1n) is 12.1. The van der Waals surface area contributed by atoms with Crippen LogP contribution in [0.15, 0.2) is 88.2 Å². The van der Waals surface area contributed by atoms with Gasteiger partial charge in [0.05, 0.1) is 16.6 Å². The Kier molecular flexibility index (Phi) is 7.10. The summed E-state index contributed by atoms with van der Waals surface area (Å²) in [5.74, 6) is -0.587. The maximum atomic E-state index is 13.5. The minimum atomic E-state index is -0.976. The quantitative estimate of drug-likeness (QED) is 0.265. The number of aromatic nitrogens is 3. The number of aryl methyl sites for hydroxylation is 1. The first-order valence-corrected chi connectivity index (χ1v) is 12.1. The van der Waals surface area contributed by atoms with Crippen LogP contribution >= 0.6 is 0 Å². The van der Waals surface area contributed by atoms with E-state index >= 15 is 0 Å². The lowest BCUT2D eigenvalue weighted by molar-refractivity contribution is -0.137. The maximum Gasteiger partial charge on any atom is 0.303 e. The van der Waals surface area contributed by atoms with Gasteiger partial charge in [-0.3, -0.25) is 14.2 Å². The third-order valence-electron chi connectivity index (χ3n) is 6.27. The standard InChI is InChI=1S/C29H24FN3O5/c30-20-11-13-21(14-12-20)33-26(8-4-5-9-27(34)35)31-24-16-19(10-15-22(24)29(33)37)23-17-25(38-32-23)28(36)18-6-2-1-3-7-18/h1-3,6-7,10-17,28,36H,4-5,8-9H2,(H,34,35)/t28-/m0/s1. The van der Waals surface area contributed by atoms with Crippen molar-refractivity contribution in [3.8, 4) is 16.9 Å². The molecule has 2 heterocycles. The molecule has 9 heteroatoms. The van der Waals surface area contributed by atoms with E-state index < -0.39 is 17.9 Å². The molecule has 0 aliphatic rings. The van der Waals surface area contributed by atoms with Gasteiger partial charge in [-0.05, 0) is 54.8 Å². The minimum absolute atomic E-state index is 0.0157. The lowest BCUT2D eigenvalue weighted by atomic mass is 10.1. The number of rotatable bonds is 9. The van der Waals surface area contributed by atoms with Crippen LogP contribution < -0.4 is 5.56 Å². The molecule has 0 radical (unpaired) electrons. The van der Waals surface area contributed by atoms with E-state index in [9.17, 15) is 19.1 Å². The zero-order valence-corrected chi connectivity index (χ0v) is 20.3. The van der Waals surface area contributed by atoms with Crippen molar-refractivity contribution < 1.29 is 23.9 Å². The van der Waals surface area contributed by atoms with Crippen LogP contribution in [-0.2, 0) is 11.2 Å². The Morgan fingerprint density at radius 2 is 1.76 bits per heavy atom. The molecule has 0 saturated carbocycles. The topological polar surface area (TPSA) is 118 Å². The lowest BCUT2D eigenvalue weighted by Gasteiger charge is -2.14. The number of aliphatic hydroxyl groups excluding tert-OH is 1. The SMILES string of the molecule is O=C(O)CCCCc1nc2cc(-c3cc([C@@H](O)c4ccccc4)on3)ccc2c(=O)n1-c1ccc(F)cc1. The normalized spacial score (nSPS) is 12.1. The molecule has 192 valence electrons. The van der Waals surface area contributed by atoms with Crippen molar-refractivity contribution in [3.63, 3.8) is 0 Å². The fraction of sp³-hybridized carbons (Fsp3) is 0.172. The Hall–Kier alpha value is -4.63. The molecule has 0 saturated heterocycles. The average Bonchev–Trinajstić information content (AvgIpc) is 3.42. The molecule has 0 unspecified atom stereocenters. The number of aliphatic carboxylic acids is 1. The van der Waals surface area contributed by atoms with E-state index in [0.717, 1.165) is 0 Å². The molecule has 5 rings (SSSR count). The molecule has 8 nitrogen and oxygen atoms in total. The van der Waals surface area contributed by atoms with Crippen LogP contribution in [0.2, 0.25) is 0 Å². The zero-order valence-electron chi connectivity index (χ0n) is 20.3. The molecule has 0 aliphatic heterocycles. The zero-order chi connectivity index (χ0) is 26.6. The number of halogens is 1. The van der Waals surface area contributed by atoms with Crippen molar-refractivity contribution >= 4 is 16.9 Å². The molecule has 0 aliphatic carbocycles. The number of carbonyl (C=O) groups is 1. The minimum Gasteiger partial charge on any atom is -0.481 e. The van der Waals surface area contributed by atoms with Crippen molar-refractivity contribution in [3.05, 3.63) is 112 Å². The fourth-order valence-electron chi connectivity index (χ4n) is 4.33. The Morgan fingerprint density at radius 3 is 2.50 bits per heavy atom. The van der Waals surface area contributed by atoms with Crippen LogP contribution in [0.3, 0.4) is 0 Å². The van der Waals surface area contributed by atoms with Gasteiger partial charge in [0.15, 0.2) is 5.76 Å². The smallest absolute Gasteiger partial charge is 0.303 e. The summed E-state index contributed by atoms with van der Waals surface area (Å²) < 4.78 is 20.4. The molecule has 38 heavy (non-hydrogen) atoms. The van der Waals surface area contributed by atoms with Crippen molar-refractivity contribution in [2.24, 2.45) is 0 Å². The van der Waals surface area contributed by atoms with Gasteiger partial charge in [-0.2, -0.15) is 0 Å². The molecule has 0 fully saturated rings. The van der Waals surface area contributed by atoms with Gasteiger partial charge in [0.25, 0.3) is 5.56 Å². The van der Waals surface area contributed by atoms with E-state index in [0.29, 0.717) is 58.5 Å². The molecular weight excluding hydrogens is 489 g/mol. The second-order valence-corrected chi connectivity index (χ2v) is 8.91. The summed E-state index contributed by atoms with van der Waals surface area (Å²) in [6, 6.07) is 21.4. The lowest BCUT2D eigenvalue weighted by Crippen LogP contribution is -2.24. The highest BCUT2D eigenvalue weighted by molar-refractivity contribution is 5.83. The van der Waals surface area contributed by atoms with Gasteiger partial charge in [0.2, 0.25) is 0 Å². The van der Waals surface area contributed by atoms with Crippen molar-refractivity contribution in [1.82, 2.24) is 14.7 Å². The molecule has 2 N–H and O–H groups in total. The molecular formula is C29H24FN3O5. The summed E-state index contributed by atoms with van der Waals surface area (Å²) in [6.45, 7) is 0. The molecule has 0 amide bonds. The Morgan fingerprint density at radius 1 is 1.00 bits per heavy atom. The monoisotopic (exact) mass is 513 g/mol. The van der Waals surface area contributed by atoms with Gasteiger partial charge in [0, 0.05) is 24.5 Å². The summed E-state index contributed by atoms with van der Waals surface area (Å²) in [6.07, 6.45) is 0.336. The van der Waals surface area contributed by atoms with Gasteiger partial charge in [-0.25, -0.2) is 9.37 Å². The van der Waals surface area contributed by atoms with Crippen LogP contribution in [0.1, 0.15) is 42.5 Å². The number of carboxylic acids is 1. The highest BCUT2D eigenvalue weighted by atomic mass is 19.1. The number of benzene rings is 3. The van der Waals surface area contributed by atoms with E-state index in [1.54, 1.807) is 36.4 Å². The van der Waals surface area contributed by atoms with Crippen molar-refractivity contribution in [2.75, 3.05) is 0 Å². The van der Waals surface area contributed by atoms with Crippen LogP contribution in [0, 0.1) is 5.82 Å². The Labute approximate surface area is 216 Å². The van der Waals surface area contributed by atoms with Gasteiger partial charge in [0.1, 0.15) is 23.4 Å². The van der Waals surface area contributed by atoms with Crippen LogP contribution in [0.25, 0.3) is 27.8 Å². The van der Waals surface area contributed by atoms with Gasteiger partial charge >= 0.3 is 5.97 Å². The third kappa shape index (κ3) is 5.23. The number of hydrogen-bond donors (Lipinski definition) is 2. The van der Waals surface area contributed by atoms with Crippen LogP contribution in [-0.4, -0.2) is 30.9 Å². The van der Waals surface area contributed by atoms with E-state index in [1.165, 1.54) is 28.8 Å². The summed E-state index contributed by atoms with van der Waals surface area (Å²) in [5, 5.41) is 24.1. The number of hydrogen-bond acceptors (Lipinski definition) is 6. The van der Waals surface area contributed by atoms with Crippen LogP contribution in [0.4, 0.5) is 4.39 Å². The average molecular weight is 514 g/mol. The molecule has 1 atom stereocenters. The molecule has 0 spiro atoms. The van der Waals surface area contributed by atoms with Crippen LogP contribution in [0.5, 0.6) is 0 Å². The number of nitrogens with zero attached hydrogens (tertiary/aromatic N) is 3. The molecule has 5 aromatic rings. The highest BCUT2D eigenvalue weighted by Crippen LogP contribution is 2.28. The Bertz CT molecular complexity index is 1650. The predicted octanol–water partition coefficient (Wildman–Crippen LogP) is 5.06. The highest BCUT2D eigenvalue weighted by Gasteiger charge is 2.18. The predicted molar refractivity (Wildman–Crippen MR) is 138 cm³/mol. The van der Waals surface area contributed by atoms with Crippen molar-refractivity contribution in [2.45, 2.75) is 31.8 Å². The largest absolute Gasteiger partial charge is 0.481 e. The molecule has 0 bridgehead atoms. The summed E-state index contributed by atoms with van der Waals surface area (Å²) >= 11 is 0. The second-order valence-electron chi connectivity index (χ2n) is 8.91. The molecule has 2 aromatic heterocycles. The van der Waals surface area contributed by atoms with Gasteiger partial charge < -0.3 is 14.7 Å². The molecule has 3 aromatic carbocycles. The van der Waals surface area contributed by atoms with Crippen molar-refractivity contribution in [1.29, 1.82) is 0 Å². The third-order valence-corrected chi connectivity index (χ3v) is 6.27. The fourth-order valence-corrected chi connectivity index (χ4v) is 4.33. The van der Waals surface area contributed by atoms with E-state index in [2.05, 4.69) is 5.16 Å². The summed E-state index contributed by atoms with van der Waals surface area (Å²) in [4.78, 5) is 29.2. The van der Waals surface area contributed by atoms with E-state index in [4.69, 9.17) is 14.6 Å². The number of carboxylic acid groups (broad SMARTS) is 1. The van der Waals surface area contributed by atoms with E-state index in [-0.39, 0.29) is 17.7 Å². The number of aliphatic hydroxyl groups is 1. The number of unbranched alkanes of at least 4 members (excludes halogenated alkanes) is 1. The Balaban J connectivity index is 1.53.